The summed E-state index contributed by atoms with van der Waals surface area (Å²) >= 11 is 0. The summed E-state index contributed by atoms with van der Waals surface area (Å²) in [6.45, 7) is 4.60. The van der Waals surface area contributed by atoms with Crippen molar-refractivity contribution in [2.75, 3.05) is 12.3 Å². The topological polar surface area (TPSA) is 120 Å². The lowest BCUT2D eigenvalue weighted by Crippen LogP contribution is -2.32. The number of fused-ring (bicyclic) bond motifs is 3. The molecular formula is C23H29N5O2. The average molecular weight is 408 g/mol. The van der Waals surface area contributed by atoms with E-state index >= 15 is 0 Å². The van der Waals surface area contributed by atoms with E-state index in [2.05, 4.69) is 29.9 Å². The molecule has 4 rings (SSSR count). The number of benzene rings is 1. The van der Waals surface area contributed by atoms with E-state index in [0.717, 1.165) is 60.2 Å². The number of ether oxygens (including phenoxy) is 2. The number of rotatable bonds is 5. The van der Waals surface area contributed by atoms with Gasteiger partial charge in [0.05, 0.1) is 24.3 Å². The minimum Gasteiger partial charge on any atom is -0.488 e. The standard InChI is InChI=1S/C23H29N5O2/c1-23(2)12-17-16(20-19(23)22(26)28-13-27-20)8-9-18(21(17)29-11-3-10-24)30-15-6-4-14(25)5-7-15/h8-9,13-15H,3-7,11-12,25H2,1-2H3,(H2,26,27,28). The van der Waals surface area contributed by atoms with Crippen LogP contribution < -0.4 is 20.9 Å². The molecule has 0 bridgehead atoms. The maximum Gasteiger partial charge on any atom is 0.165 e. The molecule has 0 unspecified atom stereocenters. The molecule has 2 aromatic rings. The molecule has 0 radical (unpaired) electrons. The molecule has 1 aromatic heterocycles. The van der Waals surface area contributed by atoms with Crippen molar-refractivity contribution in [3.8, 4) is 28.8 Å². The number of hydrogen-bond donors (Lipinski definition) is 2. The van der Waals surface area contributed by atoms with Gasteiger partial charge in [-0.2, -0.15) is 5.26 Å². The van der Waals surface area contributed by atoms with E-state index in [1.54, 1.807) is 0 Å². The number of nitrogens with two attached hydrogens (primary N) is 2. The first-order valence-corrected chi connectivity index (χ1v) is 10.6. The van der Waals surface area contributed by atoms with E-state index < -0.39 is 0 Å². The van der Waals surface area contributed by atoms with Crippen molar-refractivity contribution in [3.05, 3.63) is 29.6 Å². The fraction of sp³-hybridized carbons (Fsp3) is 0.522. The van der Waals surface area contributed by atoms with E-state index in [9.17, 15) is 0 Å². The minimum atomic E-state index is -0.253. The highest BCUT2D eigenvalue weighted by atomic mass is 16.5. The first-order valence-electron chi connectivity index (χ1n) is 10.6. The van der Waals surface area contributed by atoms with Crippen LogP contribution in [0.2, 0.25) is 0 Å². The minimum absolute atomic E-state index is 0.128. The van der Waals surface area contributed by atoms with Crippen LogP contribution in [0.1, 0.15) is 57.1 Å². The highest BCUT2D eigenvalue weighted by Gasteiger charge is 2.37. The molecule has 30 heavy (non-hydrogen) atoms. The van der Waals surface area contributed by atoms with Gasteiger partial charge in [-0.1, -0.05) is 13.8 Å². The van der Waals surface area contributed by atoms with E-state index in [1.807, 2.05) is 12.1 Å². The van der Waals surface area contributed by atoms with Crippen LogP contribution in [0.3, 0.4) is 0 Å². The van der Waals surface area contributed by atoms with Gasteiger partial charge < -0.3 is 20.9 Å². The zero-order valence-electron chi connectivity index (χ0n) is 17.6. The largest absolute Gasteiger partial charge is 0.488 e. The Balaban J connectivity index is 1.76. The maximum absolute atomic E-state index is 8.98. The molecule has 1 fully saturated rings. The van der Waals surface area contributed by atoms with Gasteiger partial charge in [-0.3, -0.25) is 0 Å². The predicted octanol–water partition coefficient (Wildman–Crippen LogP) is 3.50. The molecule has 1 aromatic carbocycles. The molecule has 1 saturated carbocycles. The first kappa shape index (κ1) is 20.4. The average Bonchev–Trinajstić information content (AvgIpc) is 2.71. The zero-order chi connectivity index (χ0) is 21.3. The number of anilines is 1. The van der Waals surface area contributed by atoms with Crippen LogP contribution in [0.15, 0.2) is 18.5 Å². The highest BCUT2D eigenvalue weighted by molar-refractivity contribution is 5.78. The van der Waals surface area contributed by atoms with Crippen LogP contribution in [0, 0.1) is 11.3 Å². The molecule has 0 spiro atoms. The van der Waals surface area contributed by atoms with Crippen molar-refractivity contribution >= 4 is 5.82 Å². The molecule has 1 heterocycles. The predicted molar refractivity (Wildman–Crippen MR) is 115 cm³/mol. The Kier molecular flexibility index (Phi) is 5.52. The lowest BCUT2D eigenvalue weighted by atomic mass is 9.71. The van der Waals surface area contributed by atoms with Crippen molar-refractivity contribution in [3.63, 3.8) is 0 Å². The Morgan fingerprint density at radius 2 is 1.97 bits per heavy atom. The number of nitrogen functional groups attached to an aromatic ring is 1. The van der Waals surface area contributed by atoms with Crippen LogP contribution in [-0.2, 0) is 11.8 Å². The van der Waals surface area contributed by atoms with Crippen molar-refractivity contribution < 1.29 is 9.47 Å². The smallest absolute Gasteiger partial charge is 0.165 e. The summed E-state index contributed by atoms with van der Waals surface area (Å²) in [5.74, 6) is 1.96. The molecule has 0 atom stereocenters. The monoisotopic (exact) mass is 407 g/mol. The molecule has 158 valence electrons. The fourth-order valence-electron chi connectivity index (χ4n) is 4.64. The van der Waals surface area contributed by atoms with E-state index in [0.29, 0.717) is 24.6 Å². The number of aromatic nitrogens is 2. The summed E-state index contributed by atoms with van der Waals surface area (Å²) in [6.07, 6.45) is 6.49. The third kappa shape index (κ3) is 3.80. The number of nitrogens with zero attached hydrogens (tertiary/aromatic N) is 3. The summed E-state index contributed by atoms with van der Waals surface area (Å²) < 4.78 is 12.5. The third-order valence-electron chi connectivity index (χ3n) is 6.12. The van der Waals surface area contributed by atoms with E-state index in [1.165, 1.54) is 6.33 Å². The molecule has 7 heteroatoms. The van der Waals surface area contributed by atoms with Gasteiger partial charge in [0, 0.05) is 22.7 Å². The molecule has 0 aliphatic heterocycles. The second-order valence-corrected chi connectivity index (χ2v) is 8.87. The second-order valence-electron chi connectivity index (χ2n) is 8.87. The lowest BCUT2D eigenvalue weighted by Gasteiger charge is -2.35. The highest BCUT2D eigenvalue weighted by Crippen LogP contribution is 2.49. The van der Waals surface area contributed by atoms with Gasteiger partial charge in [0.2, 0.25) is 0 Å². The quantitative estimate of drug-likeness (QED) is 0.728. The van der Waals surface area contributed by atoms with E-state index in [-0.39, 0.29) is 17.6 Å². The number of nitriles is 1. The van der Waals surface area contributed by atoms with Crippen molar-refractivity contribution in [2.45, 2.75) is 69.9 Å². The molecule has 2 aliphatic carbocycles. The summed E-state index contributed by atoms with van der Waals surface area (Å²) in [4.78, 5) is 8.76. The van der Waals surface area contributed by atoms with Crippen LogP contribution in [0.25, 0.3) is 11.3 Å². The van der Waals surface area contributed by atoms with Crippen molar-refractivity contribution in [1.29, 1.82) is 5.26 Å². The van der Waals surface area contributed by atoms with Crippen LogP contribution in [0.5, 0.6) is 11.5 Å². The SMILES string of the molecule is CC1(C)Cc2c(ccc(OC3CCC(N)CC3)c2OCCC#N)-c2ncnc(N)c21. The van der Waals surface area contributed by atoms with Gasteiger partial charge >= 0.3 is 0 Å². The zero-order valence-corrected chi connectivity index (χ0v) is 17.6. The summed E-state index contributed by atoms with van der Waals surface area (Å²) in [5.41, 5.74) is 15.9. The van der Waals surface area contributed by atoms with Gasteiger partial charge in [0.15, 0.2) is 11.5 Å². The Labute approximate surface area is 177 Å². The van der Waals surface area contributed by atoms with Crippen molar-refractivity contribution in [2.24, 2.45) is 5.73 Å². The summed E-state index contributed by atoms with van der Waals surface area (Å²) in [7, 11) is 0. The van der Waals surface area contributed by atoms with Crippen molar-refractivity contribution in [1.82, 2.24) is 9.97 Å². The van der Waals surface area contributed by atoms with Gasteiger partial charge in [0.25, 0.3) is 0 Å². The fourth-order valence-corrected chi connectivity index (χ4v) is 4.64. The molecule has 7 nitrogen and oxygen atoms in total. The summed E-state index contributed by atoms with van der Waals surface area (Å²) in [6, 6.07) is 6.40. The van der Waals surface area contributed by atoms with Crippen LogP contribution in [-0.4, -0.2) is 28.7 Å². The molecule has 2 aliphatic rings. The molecular weight excluding hydrogens is 378 g/mol. The Morgan fingerprint density at radius 1 is 1.20 bits per heavy atom. The third-order valence-corrected chi connectivity index (χ3v) is 6.12. The first-order chi connectivity index (χ1) is 14.4. The van der Waals surface area contributed by atoms with E-state index in [4.69, 9.17) is 26.2 Å². The molecule has 0 saturated heterocycles. The number of hydrogen-bond acceptors (Lipinski definition) is 7. The van der Waals surface area contributed by atoms with Gasteiger partial charge in [-0.25, -0.2) is 9.97 Å². The Morgan fingerprint density at radius 3 is 2.70 bits per heavy atom. The van der Waals surface area contributed by atoms with Crippen LogP contribution >= 0.6 is 0 Å². The normalized spacial score (nSPS) is 21.8. The van der Waals surface area contributed by atoms with Gasteiger partial charge in [0.1, 0.15) is 18.8 Å². The van der Waals surface area contributed by atoms with Crippen LogP contribution in [0.4, 0.5) is 5.82 Å². The Hall–Kier alpha value is -2.85. The molecule has 4 N–H and O–H groups in total. The second kappa shape index (κ2) is 8.11. The molecule has 0 amide bonds. The van der Waals surface area contributed by atoms with Gasteiger partial charge in [-0.15, -0.1) is 0 Å². The maximum atomic E-state index is 8.98. The lowest BCUT2D eigenvalue weighted by molar-refractivity contribution is 0.140. The summed E-state index contributed by atoms with van der Waals surface area (Å²) in [5, 5.41) is 8.98. The Bertz CT molecular complexity index is 974. The van der Waals surface area contributed by atoms with Gasteiger partial charge in [-0.05, 0) is 49.7 Å².